The maximum atomic E-state index is 12.7. The number of amides is 1. The summed E-state index contributed by atoms with van der Waals surface area (Å²) >= 11 is 7.22. The van der Waals surface area contributed by atoms with Crippen molar-refractivity contribution in [3.63, 3.8) is 0 Å². The Morgan fingerprint density at radius 1 is 1.09 bits per heavy atom. The molecule has 0 radical (unpaired) electrons. The van der Waals surface area contributed by atoms with Crippen LogP contribution in [-0.2, 0) is 11.2 Å². The van der Waals surface area contributed by atoms with Gasteiger partial charge in [-0.1, -0.05) is 62.2 Å². The third-order valence-corrected chi connectivity index (χ3v) is 6.73. The van der Waals surface area contributed by atoms with Gasteiger partial charge in [0.2, 0.25) is 0 Å². The van der Waals surface area contributed by atoms with Crippen molar-refractivity contribution in [1.82, 2.24) is 0 Å². The Morgan fingerprint density at radius 2 is 1.84 bits per heavy atom. The molecule has 4 nitrogen and oxygen atoms in total. The van der Waals surface area contributed by atoms with Crippen LogP contribution in [0.4, 0.5) is 5.69 Å². The van der Waals surface area contributed by atoms with Crippen molar-refractivity contribution in [3.8, 4) is 11.8 Å². The molecule has 162 valence electrons. The minimum atomic E-state index is -0.450. The van der Waals surface area contributed by atoms with Crippen LogP contribution in [0, 0.1) is 25.2 Å². The SMILES string of the molecule is COc1cc(/C=C(\C#N)C(=O)Nc2cccc(C)c2C)cc(Br)c1Cc1ccccc1Br. The lowest BCUT2D eigenvalue weighted by atomic mass is 10.0. The molecule has 1 amide bonds. The van der Waals surface area contributed by atoms with Crippen LogP contribution in [-0.4, -0.2) is 13.0 Å². The number of benzene rings is 3. The van der Waals surface area contributed by atoms with Crippen LogP contribution < -0.4 is 10.1 Å². The number of halogens is 2. The first-order chi connectivity index (χ1) is 15.3. The molecule has 0 saturated carbocycles. The number of carbonyl (C=O) groups is 1. The van der Waals surface area contributed by atoms with Crippen molar-refractivity contribution in [2.24, 2.45) is 0 Å². The smallest absolute Gasteiger partial charge is 0.266 e. The number of hydrogen-bond acceptors (Lipinski definition) is 3. The van der Waals surface area contributed by atoms with Gasteiger partial charge in [0.15, 0.2) is 0 Å². The fourth-order valence-corrected chi connectivity index (χ4v) is 4.32. The van der Waals surface area contributed by atoms with Crippen molar-refractivity contribution >= 4 is 49.5 Å². The second kappa shape index (κ2) is 10.6. The third-order valence-electron chi connectivity index (χ3n) is 5.25. The quantitative estimate of drug-likeness (QED) is 0.265. The second-order valence-corrected chi connectivity index (χ2v) is 9.03. The summed E-state index contributed by atoms with van der Waals surface area (Å²) in [4.78, 5) is 12.7. The number of aryl methyl sites for hydroxylation is 1. The number of nitrogens with zero attached hydrogens (tertiary/aromatic N) is 1. The van der Waals surface area contributed by atoms with Crippen molar-refractivity contribution in [2.75, 3.05) is 12.4 Å². The van der Waals surface area contributed by atoms with Gasteiger partial charge in [-0.2, -0.15) is 5.26 Å². The molecule has 1 N–H and O–H groups in total. The van der Waals surface area contributed by atoms with Crippen molar-refractivity contribution < 1.29 is 9.53 Å². The lowest BCUT2D eigenvalue weighted by Crippen LogP contribution is -2.14. The molecule has 3 aromatic carbocycles. The van der Waals surface area contributed by atoms with Gasteiger partial charge in [-0.25, -0.2) is 0 Å². The van der Waals surface area contributed by atoms with E-state index in [1.807, 2.05) is 68.4 Å². The molecule has 6 heteroatoms. The zero-order valence-corrected chi connectivity index (χ0v) is 21.2. The van der Waals surface area contributed by atoms with Gasteiger partial charge in [0.25, 0.3) is 5.91 Å². The Bertz CT molecular complexity index is 1240. The summed E-state index contributed by atoms with van der Waals surface area (Å²) in [7, 11) is 1.61. The first kappa shape index (κ1) is 23.8. The van der Waals surface area contributed by atoms with Crippen LogP contribution in [0.2, 0.25) is 0 Å². The maximum absolute atomic E-state index is 12.7. The first-order valence-corrected chi connectivity index (χ1v) is 11.5. The van der Waals surface area contributed by atoms with E-state index >= 15 is 0 Å². The number of nitrogens with one attached hydrogen (secondary N) is 1. The summed E-state index contributed by atoms with van der Waals surface area (Å²) in [6.45, 7) is 3.91. The summed E-state index contributed by atoms with van der Waals surface area (Å²) in [6.07, 6.45) is 2.23. The van der Waals surface area contributed by atoms with Crippen LogP contribution in [0.25, 0.3) is 6.08 Å². The minimum Gasteiger partial charge on any atom is -0.496 e. The highest BCUT2D eigenvalue weighted by Gasteiger charge is 2.15. The normalized spacial score (nSPS) is 11.1. The largest absolute Gasteiger partial charge is 0.496 e. The van der Waals surface area contributed by atoms with Crippen molar-refractivity contribution in [2.45, 2.75) is 20.3 Å². The van der Waals surface area contributed by atoms with E-state index in [0.717, 1.165) is 31.2 Å². The van der Waals surface area contributed by atoms with E-state index in [0.29, 0.717) is 23.4 Å². The summed E-state index contributed by atoms with van der Waals surface area (Å²) in [5.74, 6) is 0.224. The Hall–Kier alpha value is -2.88. The molecule has 0 aromatic heterocycles. The predicted octanol–water partition coefficient (Wildman–Crippen LogP) is 6.97. The highest BCUT2D eigenvalue weighted by atomic mass is 79.9. The second-order valence-electron chi connectivity index (χ2n) is 7.32. The standard InChI is InChI=1S/C26H22Br2N2O2/c1-16-7-6-10-24(17(16)2)30-26(31)20(15-29)11-18-12-23(28)21(25(13-18)32-3)14-19-8-4-5-9-22(19)27/h4-13H,14H2,1-3H3,(H,30,31)/b20-11+. The van der Waals surface area contributed by atoms with Gasteiger partial charge in [-0.3, -0.25) is 4.79 Å². The average Bonchev–Trinajstić information content (AvgIpc) is 2.77. The van der Waals surface area contributed by atoms with E-state index in [-0.39, 0.29) is 5.57 Å². The number of ether oxygens (including phenoxy) is 1. The van der Waals surface area contributed by atoms with Crippen LogP contribution in [0.5, 0.6) is 5.75 Å². The predicted molar refractivity (Wildman–Crippen MR) is 136 cm³/mol. The highest BCUT2D eigenvalue weighted by molar-refractivity contribution is 9.10. The Labute approximate surface area is 205 Å². The lowest BCUT2D eigenvalue weighted by Gasteiger charge is -2.14. The molecule has 3 rings (SSSR count). The number of rotatable bonds is 6. The zero-order chi connectivity index (χ0) is 23.3. The van der Waals surface area contributed by atoms with Crippen molar-refractivity contribution in [1.29, 1.82) is 5.26 Å². The first-order valence-electron chi connectivity index (χ1n) is 9.93. The van der Waals surface area contributed by atoms with E-state index in [2.05, 4.69) is 43.2 Å². The van der Waals surface area contributed by atoms with E-state index in [9.17, 15) is 10.1 Å². The van der Waals surface area contributed by atoms with Crippen LogP contribution in [0.3, 0.4) is 0 Å². The lowest BCUT2D eigenvalue weighted by molar-refractivity contribution is -0.112. The fourth-order valence-electron chi connectivity index (χ4n) is 3.29. The summed E-state index contributed by atoms with van der Waals surface area (Å²) in [5, 5.41) is 12.4. The topological polar surface area (TPSA) is 62.1 Å². The Kier molecular flexibility index (Phi) is 7.89. The number of nitriles is 1. The van der Waals surface area contributed by atoms with Gasteiger partial charge >= 0.3 is 0 Å². The summed E-state index contributed by atoms with van der Waals surface area (Å²) < 4.78 is 7.48. The Balaban J connectivity index is 1.91. The highest BCUT2D eigenvalue weighted by Crippen LogP contribution is 2.33. The summed E-state index contributed by atoms with van der Waals surface area (Å²) in [6, 6.07) is 19.4. The summed E-state index contributed by atoms with van der Waals surface area (Å²) in [5.41, 5.74) is 5.54. The molecule has 0 aliphatic heterocycles. The zero-order valence-electron chi connectivity index (χ0n) is 18.0. The number of hydrogen-bond donors (Lipinski definition) is 1. The van der Waals surface area contributed by atoms with Gasteiger partial charge in [-0.05, 0) is 66.4 Å². The molecule has 0 aliphatic rings. The molecule has 0 heterocycles. The molecule has 0 spiro atoms. The van der Waals surface area contributed by atoms with Crippen LogP contribution in [0.1, 0.15) is 27.8 Å². The third kappa shape index (κ3) is 5.48. The van der Waals surface area contributed by atoms with E-state index in [1.165, 1.54) is 0 Å². The fraction of sp³-hybridized carbons (Fsp3) is 0.154. The number of anilines is 1. The van der Waals surface area contributed by atoms with Gasteiger partial charge in [0.05, 0.1) is 7.11 Å². The molecule has 32 heavy (non-hydrogen) atoms. The van der Waals surface area contributed by atoms with E-state index in [1.54, 1.807) is 13.2 Å². The molecular weight excluding hydrogens is 532 g/mol. The monoisotopic (exact) mass is 552 g/mol. The molecule has 0 atom stereocenters. The van der Waals surface area contributed by atoms with Crippen LogP contribution >= 0.6 is 31.9 Å². The van der Waals surface area contributed by atoms with E-state index < -0.39 is 5.91 Å². The van der Waals surface area contributed by atoms with Crippen LogP contribution in [0.15, 0.2) is 69.1 Å². The molecule has 0 fully saturated rings. The number of carbonyl (C=O) groups excluding carboxylic acids is 1. The van der Waals surface area contributed by atoms with E-state index in [4.69, 9.17) is 4.74 Å². The minimum absolute atomic E-state index is 0.0124. The molecule has 0 bridgehead atoms. The molecular formula is C26H22Br2N2O2. The Morgan fingerprint density at radius 3 is 2.53 bits per heavy atom. The molecule has 0 saturated heterocycles. The van der Waals surface area contributed by atoms with Gasteiger partial charge in [0.1, 0.15) is 17.4 Å². The average molecular weight is 554 g/mol. The molecule has 0 unspecified atom stereocenters. The van der Waals surface area contributed by atoms with Crippen molar-refractivity contribution in [3.05, 3.63) is 96.9 Å². The van der Waals surface area contributed by atoms with Gasteiger partial charge in [0, 0.05) is 26.6 Å². The molecule has 0 aliphatic carbocycles. The maximum Gasteiger partial charge on any atom is 0.266 e. The number of methoxy groups -OCH3 is 1. The van der Waals surface area contributed by atoms with Gasteiger partial charge in [-0.15, -0.1) is 0 Å². The molecule has 3 aromatic rings. The van der Waals surface area contributed by atoms with Gasteiger partial charge < -0.3 is 10.1 Å².